The van der Waals surface area contributed by atoms with Crippen molar-refractivity contribution >= 4 is 27.3 Å². The summed E-state index contributed by atoms with van der Waals surface area (Å²) < 4.78 is 6.23. The molecule has 0 radical (unpaired) electrons. The molecule has 1 rings (SSSR count). The first-order chi connectivity index (χ1) is 8.24. The van der Waals surface area contributed by atoms with E-state index in [0.29, 0.717) is 0 Å². The molecule has 1 N–H and O–H groups in total. The highest BCUT2D eigenvalue weighted by Crippen LogP contribution is 2.27. The highest BCUT2D eigenvalue weighted by Gasteiger charge is 2.02. The van der Waals surface area contributed by atoms with E-state index >= 15 is 0 Å². The van der Waals surface area contributed by atoms with E-state index in [4.69, 9.17) is 4.74 Å². The van der Waals surface area contributed by atoms with Crippen LogP contribution in [0.3, 0.4) is 0 Å². The summed E-state index contributed by atoms with van der Waals surface area (Å²) in [7, 11) is 1.74. The smallest absolute Gasteiger partial charge is 0.0704 e. The molecule has 1 aromatic rings. The molecular weight excluding hydrogens is 298 g/mol. The molecule has 0 spiro atoms. The average Bonchev–Trinajstić information content (AvgIpc) is 2.61. The normalized spacial score (nSPS) is 11.0. The van der Waals surface area contributed by atoms with Crippen LogP contribution in [0.15, 0.2) is 9.85 Å². The highest BCUT2D eigenvalue weighted by atomic mass is 79.9. The van der Waals surface area contributed by atoms with Gasteiger partial charge in [-0.2, -0.15) is 0 Å². The van der Waals surface area contributed by atoms with E-state index in [-0.39, 0.29) is 0 Å². The van der Waals surface area contributed by atoms with Crippen LogP contribution in [0.5, 0.6) is 0 Å². The molecule has 1 heterocycles. The molecular formula is C13H22BrNOS. The van der Waals surface area contributed by atoms with Gasteiger partial charge in [0.15, 0.2) is 0 Å². The Hall–Kier alpha value is 0.1000. The number of thiophene rings is 1. The van der Waals surface area contributed by atoms with Crippen molar-refractivity contribution in [1.82, 2.24) is 5.32 Å². The molecule has 17 heavy (non-hydrogen) atoms. The Kier molecular flexibility index (Phi) is 8.10. The maximum atomic E-state index is 4.98. The Labute approximate surface area is 117 Å². The molecule has 98 valence electrons. The lowest BCUT2D eigenvalue weighted by molar-refractivity contribution is 0.199. The quantitative estimate of drug-likeness (QED) is 0.700. The Morgan fingerprint density at radius 3 is 2.76 bits per heavy atom. The number of nitrogens with one attached hydrogen (secondary N) is 1. The third-order valence-corrected chi connectivity index (χ3v) is 4.37. The molecule has 0 aliphatic rings. The minimum Gasteiger partial charge on any atom is -0.383 e. The Balaban J connectivity index is 1.99. The highest BCUT2D eigenvalue weighted by molar-refractivity contribution is 9.11. The zero-order valence-electron chi connectivity index (χ0n) is 10.7. The molecule has 0 aliphatic heterocycles. The molecule has 0 aliphatic carbocycles. The predicted molar refractivity (Wildman–Crippen MR) is 79.1 cm³/mol. The first-order valence-electron chi connectivity index (χ1n) is 6.18. The molecule has 1 aromatic heterocycles. The number of aryl methyl sites for hydroxylation is 2. The minimum absolute atomic E-state index is 0.808. The van der Waals surface area contributed by atoms with Crippen molar-refractivity contribution in [2.24, 2.45) is 0 Å². The molecule has 0 bridgehead atoms. The van der Waals surface area contributed by atoms with Crippen LogP contribution < -0.4 is 5.32 Å². The van der Waals surface area contributed by atoms with Crippen LogP contribution in [-0.4, -0.2) is 26.8 Å². The minimum atomic E-state index is 0.808. The fourth-order valence-electron chi connectivity index (χ4n) is 1.77. The third kappa shape index (κ3) is 6.55. The van der Waals surface area contributed by atoms with Crippen LogP contribution >= 0.6 is 27.3 Å². The van der Waals surface area contributed by atoms with Gasteiger partial charge >= 0.3 is 0 Å². The summed E-state index contributed by atoms with van der Waals surface area (Å²) >= 11 is 5.37. The van der Waals surface area contributed by atoms with E-state index in [1.165, 1.54) is 39.9 Å². The largest absolute Gasteiger partial charge is 0.383 e. The second-order valence-electron chi connectivity index (χ2n) is 4.19. The van der Waals surface area contributed by atoms with Gasteiger partial charge in [0.2, 0.25) is 0 Å². The summed E-state index contributed by atoms with van der Waals surface area (Å²) in [6, 6.07) is 2.26. The Morgan fingerprint density at radius 2 is 2.12 bits per heavy atom. The van der Waals surface area contributed by atoms with Gasteiger partial charge in [0.05, 0.1) is 10.4 Å². The maximum Gasteiger partial charge on any atom is 0.0704 e. The Morgan fingerprint density at radius 1 is 1.29 bits per heavy atom. The van der Waals surface area contributed by atoms with Crippen molar-refractivity contribution in [2.45, 2.75) is 32.6 Å². The van der Waals surface area contributed by atoms with E-state index in [9.17, 15) is 0 Å². The monoisotopic (exact) mass is 319 g/mol. The lowest BCUT2D eigenvalue weighted by Crippen LogP contribution is -2.20. The molecule has 0 saturated carbocycles. The van der Waals surface area contributed by atoms with E-state index in [1.54, 1.807) is 7.11 Å². The summed E-state index contributed by atoms with van der Waals surface area (Å²) in [5.41, 5.74) is 1.51. The van der Waals surface area contributed by atoms with Crippen molar-refractivity contribution in [3.05, 3.63) is 20.3 Å². The van der Waals surface area contributed by atoms with Gasteiger partial charge in [-0.3, -0.25) is 0 Å². The lowest BCUT2D eigenvalue weighted by Gasteiger charge is -2.04. The van der Waals surface area contributed by atoms with Crippen molar-refractivity contribution < 1.29 is 4.74 Å². The topological polar surface area (TPSA) is 21.3 Å². The second-order valence-corrected chi connectivity index (χ2v) is 6.82. The number of hydrogen-bond acceptors (Lipinski definition) is 3. The summed E-state index contributed by atoms with van der Waals surface area (Å²) in [6.45, 7) is 5.09. The molecule has 0 atom stereocenters. The number of rotatable bonds is 9. The van der Waals surface area contributed by atoms with Gasteiger partial charge in [-0.1, -0.05) is 6.42 Å². The lowest BCUT2D eigenvalue weighted by atomic mass is 10.1. The van der Waals surface area contributed by atoms with Gasteiger partial charge < -0.3 is 10.1 Å². The molecule has 0 fully saturated rings. The van der Waals surface area contributed by atoms with E-state index in [2.05, 4.69) is 34.2 Å². The van der Waals surface area contributed by atoms with Crippen LogP contribution in [0.2, 0.25) is 0 Å². The second kappa shape index (κ2) is 9.09. The van der Waals surface area contributed by atoms with E-state index in [0.717, 1.165) is 19.7 Å². The number of hydrogen-bond donors (Lipinski definition) is 1. The number of unbranched alkanes of at least 4 members (excludes halogenated alkanes) is 2. The summed E-state index contributed by atoms with van der Waals surface area (Å²) in [5.74, 6) is 0. The van der Waals surface area contributed by atoms with Crippen LogP contribution in [0.1, 0.15) is 29.7 Å². The van der Waals surface area contributed by atoms with Gasteiger partial charge in [-0.25, -0.2) is 0 Å². The van der Waals surface area contributed by atoms with Gasteiger partial charge in [0.1, 0.15) is 0 Å². The molecule has 0 unspecified atom stereocenters. The molecule has 2 nitrogen and oxygen atoms in total. The SMILES string of the molecule is COCCNCCCCCc1cc(Br)sc1C. The van der Waals surface area contributed by atoms with Crippen molar-refractivity contribution in [1.29, 1.82) is 0 Å². The van der Waals surface area contributed by atoms with Crippen LogP contribution in [0, 0.1) is 6.92 Å². The standard InChI is InChI=1S/C13H22BrNOS/c1-11-12(10-13(14)17-11)6-4-3-5-7-15-8-9-16-2/h10,15H,3-9H2,1-2H3. The van der Waals surface area contributed by atoms with Crippen molar-refractivity contribution in [2.75, 3.05) is 26.8 Å². The van der Waals surface area contributed by atoms with Crippen LogP contribution in [0.25, 0.3) is 0 Å². The number of ether oxygens (including phenoxy) is 1. The summed E-state index contributed by atoms with van der Waals surface area (Å²) in [6.07, 6.45) is 5.06. The molecule has 0 saturated heterocycles. The van der Waals surface area contributed by atoms with Gasteiger partial charge in [0.25, 0.3) is 0 Å². The third-order valence-electron chi connectivity index (χ3n) is 2.77. The number of methoxy groups -OCH3 is 1. The van der Waals surface area contributed by atoms with Crippen molar-refractivity contribution in [3.63, 3.8) is 0 Å². The molecule has 0 amide bonds. The zero-order chi connectivity index (χ0) is 12.5. The fraction of sp³-hybridized carbons (Fsp3) is 0.692. The van der Waals surface area contributed by atoms with E-state index < -0.39 is 0 Å². The first kappa shape index (κ1) is 15.2. The first-order valence-corrected chi connectivity index (χ1v) is 7.79. The average molecular weight is 320 g/mol. The predicted octanol–water partition coefficient (Wildman–Crippen LogP) is 3.77. The molecule has 0 aromatic carbocycles. The van der Waals surface area contributed by atoms with Gasteiger partial charge in [-0.15, -0.1) is 11.3 Å². The van der Waals surface area contributed by atoms with Crippen molar-refractivity contribution in [3.8, 4) is 0 Å². The fourth-order valence-corrected chi connectivity index (χ4v) is 3.56. The van der Waals surface area contributed by atoms with E-state index in [1.807, 2.05) is 11.3 Å². The maximum absolute atomic E-state index is 4.98. The van der Waals surface area contributed by atoms with Gasteiger partial charge in [-0.05, 0) is 60.3 Å². The zero-order valence-corrected chi connectivity index (χ0v) is 13.1. The van der Waals surface area contributed by atoms with Crippen LogP contribution in [0.4, 0.5) is 0 Å². The van der Waals surface area contributed by atoms with Gasteiger partial charge in [0, 0.05) is 18.5 Å². The summed E-state index contributed by atoms with van der Waals surface area (Å²) in [5, 5.41) is 3.37. The number of halogens is 1. The Bertz CT molecular complexity index is 314. The van der Waals surface area contributed by atoms with Crippen LogP contribution in [-0.2, 0) is 11.2 Å². The summed E-state index contributed by atoms with van der Waals surface area (Å²) in [4.78, 5) is 1.45. The molecule has 4 heteroatoms.